The molecule has 0 fully saturated rings. The molecule has 0 saturated carbocycles. The summed E-state index contributed by atoms with van der Waals surface area (Å²) in [5.74, 6) is 0.486. The maximum absolute atomic E-state index is 5.82. The molecule has 0 aliphatic carbocycles. The van der Waals surface area contributed by atoms with Gasteiger partial charge in [0.2, 0.25) is 0 Å². The number of aliphatic imine (C=N–C) groups is 1. The molecule has 0 heterocycles. The molecule has 0 amide bonds. The lowest BCUT2D eigenvalue weighted by Gasteiger charge is -2.21. The highest BCUT2D eigenvalue weighted by molar-refractivity contribution is 9.10. The topological polar surface area (TPSA) is 50.4 Å². The number of benzene rings is 1. The van der Waals surface area contributed by atoms with Gasteiger partial charge in [-0.15, -0.1) is 0 Å². The van der Waals surface area contributed by atoms with Gasteiger partial charge in [-0.05, 0) is 51.0 Å². The van der Waals surface area contributed by atoms with Crippen molar-refractivity contribution in [1.29, 1.82) is 0 Å². The number of halogens is 1. The van der Waals surface area contributed by atoms with Gasteiger partial charge in [-0.3, -0.25) is 0 Å². The molecule has 0 aliphatic heterocycles. The predicted molar refractivity (Wildman–Crippen MR) is 77.1 cm³/mol. The Labute approximate surface area is 112 Å². The Morgan fingerprint density at radius 1 is 1.41 bits per heavy atom. The van der Waals surface area contributed by atoms with Crippen LogP contribution in [0, 0.1) is 6.92 Å². The summed E-state index contributed by atoms with van der Waals surface area (Å²) in [6, 6.07) is 6.16. The minimum atomic E-state index is -0.0532. The van der Waals surface area contributed by atoms with Crippen molar-refractivity contribution in [3.8, 4) is 0 Å². The van der Waals surface area contributed by atoms with E-state index in [9.17, 15) is 0 Å². The van der Waals surface area contributed by atoms with Crippen molar-refractivity contribution in [1.82, 2.24) is 5.32 Å². The van der Waals surface area contributed by atoms with E-state index >= 15 is 0 Å². The molecule has 0 saturated heterocycles. The Morgan fingerprint density at radius 3 is 2.59 bits per heavy atom. The number of rotatable bonds is 2. The number of nitrogens with one attached hydrogen (secondary N) is 1. The molecule has 0 unspecified atom stereocenters. The van der Waals surface area contributed by atoms with Crippen LogP contribution in [-0.4, -0.2) is 11.5 Å². The Balaban J connectivity index is 2.69. The molecule has 1 aromatic carbocycles. The van der Waals surface area contributed by atoms with E-state index in [1.54, 1.807) is 0 Å². The average Bonchev–Trinajstić information content (AvgIpc) is 2.13. The summed E-state index contributed by atoms with van der Waals surface area (Å²) < 4.78 is 1.09. The zero-order valence-corrected chi connectivity index (χ0v) is 12.4. The molecule has 1 aromatic rings. The fourth-order valence-corrected chi connectivity index (χ4v) is 1.91. The largest absolute Gasteiger partial charge is 0.370 e. The van der Waals surface area contributed by atoms with Crippen molar-refractivity contribution in [3.63, 3.8) is 0 Å². The number of aryl methyl sites for hydroxylation is 1. The van der Waals surface area contributed by atoms with E-state index in [0.717, 1.165) is 4.47 Å². The molecule has 0 aliphatic rings. The van der Waals surface area contributed by atoms with Gasteiger partial charge in [0.1, 0.15) is 0 Å². The Morgan fingerprint density at radius 2 is 2.06 bits per heavy atom. The molecule has 3 N–H and O–H groups in total. The third-order valence-electron chi connectivity index (χ3n) is 2.23. The summed E-state index contributed by atoms with van der Waals surface area (Å²) in [5.41, 5.74) is 8.17. The Hall–Kier alpha value is -1.03. The molecule has 3 nitrogen and oxygen atoms in total. The van der Waals surface area contributed by atoms with Crippen molar-refractivity contribution >= 4 is 21.9 Å². The second kappa shape index (κ2) is 5.54. The second-order valence-corrected chi connectivity index (χ2v) is 6.06. The first-order valence-corrected chi connectivity index (χ1v) is 6.40. The summed E-state index contributed by atoms with van der Waals surface area (Å²) in [5, 5.41) is 3.14. The van der Waals surface area contributed by atoms with Crippen molar-refractivity contribution in [3.05, 3.63) is 33.8 Å². The maximum Gasteiger partial charge on any atom is 0.189 e. The molecule has 17 heavy (non-hydrogen) atoms. The van der Waals surface area contributed by atoms with Gasteiger partial charge in [-0.1, -0.05) is 22.0 Å². The van der Waals surface area contributed by atoms with E-state index in [4.69, 9.17) is 5.73 Å². The highest BCUT2D eigenvalue weighted by Gasteiger charge is 2.09. The van der Waals surface area contributed by atoms with Crippen LogP contribution in [0.5, 0.6) is 0 Å². The van der Waals surface area contributed by atoms with Gasteiger partial charge >= 0.3 is 0 Å². The van der Waals surface area contributed by atoms with E-state index in [0.29, 0.717) is 12.5 Å². The lowest BCUT2D eigenvalue weighted by molar-refractivity contribution is 0.508. The third-order valence-corrected chi connectivity index (χ3v) is 2.72. The first-order chi connectivity index (χ1) is 7.78. The lowest BCUT2D eigenvalue weighted by Crippen LogP contribution is -2.44. The summed E-state index contributed by atoms with van der Waals surface area (Å²) >= 11 is 3.44. The monoisotopic (exact) mass is 297 g/mol. The first-order valence-electron chi connectivity index (χ1n) is 5.61. The molecule has 0 atom stereocenters. The fourth-order valence-electron chi connectivity index (χ4n) is 1.43. The highest BCUT2D eigenvalue weighted by Crippen LogP contribution is 2.16. The van der Waals surface area contributed by atoms with Crippen LogP contribution >= 0.6 is 15.9 Å². The molecule has 1 rings (SSSR count). The van der Waals surface area contributed by atoms with Crippen LogP contribution in [0.25, 0.3) is 0 Å². The summed E-state index contributed by atoms with van der Waals surface area (Å²) in [6.07, 6.45) is 0. The van der Waals surface area contributed by atoms with E-state index in [1.165, 1.54) is 11.1 Å². The van der Waals surface area contributed by atoms with Gasteiger partial charge in [0.05, 0.1) is 6.54 Å². The predicted octanol–water partition coefficient (Wildman–Crippen LogP) is 2.96. The number of hydrogen-bond acceptors (Lipinski definition) is 1. The minimum absolute atomic E-state index is 0.0532. The molecule has 0 spiro atoms. The summed E-state index contributed by atoms with van der Waals surface area (Å²) in [6.45, 7) is 8.85. The van der Waals surface area contributed by atoms with Crippen LogP contribution in [0.15, 0.2) is 27.7 Å². The van der Waals surface area contributed by atoms with Crippen LogP contribution in [-0.2, 0) is 6.54 Å². The van der Waals surface area contributed by atoms with E-state index in [-0.39, 0.29) is 5.54 Å². The van der Waals surface area contributed by atoms with Gasteiger partial charge < -0.3 is 11.1 Å². The SMILES string of the molecule is Cc1cc(Br)ccc1CN=C(N)NC(C)(C)C. The van der Waals surface area contributed by atoms with Gasteiger partial charge in [0.25, 0.3) is 0 Å². The van der Waals surface area contributed by atoms with Crippen LogP contribution in [0.4, 0.5) is 0 Å². The lowest BCUT2D eigenvalue weighted by atomic mass is 10.1. The van der Waals surface area contributed by atoms with Crippen LogP contribution in [0.2, 0.25) is 0 Å². The molecule has 0 aromatic heterocycles. The minimum Gasteiger partial charge on any atom is -0.370 e. The van der Waals surface area contributed by atoms with Crippen LogP contribution in [0.1, 0.15) is 31.9 Å². The van der Waals surface area contributed by atoms with Crippen LogP contribution < -0.4 is 11.1 Å². The van der Waals surface area contributed by atoms with E-state index in [2.05, 4.69) is 66.1 Å². The van der Waals surface area contributed by atoms with Gasteiger partial charge in [0.15, 0.2) is 5.96 Å². The van der Waals surface area contributed by atoms with Crippen molar-refractivity contribution in [2.24, 2.45) is 10.7 Å². The average molecular weight is 298 g/mol. The molecular weight excluding hydrogens is 278 g/mol. The van der Waals surface area contributed by atoms with Crippen molar-refractivity contribution < 1.29 is 0 Å². The molecular formula is C13H20BrN3. The van der Waals surface area contributed by atoms with Gasteiger partial charge in [-0.2, -0.15) is 0 Å². The fraction of sp³-hybridized carbons (Fsp3) is 0.462. The number of nitrogens with zero attached hydrogens (tertiary/aromatic N) is 1. The van der Waals surface area contributed by atoms with Gasteiger partial charge in [-0.25, -0.2) is 4.99 Å². The molecule has 0 bridgehead atoms. The Kier molecular flexibility index (Phi) is 4.57. The normalized spacial score (nSPS) is 12.6. The molecule has 94 valence electrons. The molecule has 0 radical (unpaired) electrons. The summed E-state index contributed by atoms with van der Waals surface area (Å²) in [7, 11) is 0. The number of hydrogen-bond donors (Lipinski definition) is 2. The quantitative estimate of drug-likeness (QED) is 0.651. The zero-order valence-electron chi connectivity index (χ0n) is 10.8. The second-order valence-electron chi connectivity index (χ2n) is 5.15. The van der Waals surface area contributed by atoms with E-state index < -0.39 is 0 Å². The molecule has 4 heteroatoms. The smallest absolute Gasteiger partial charge is 0.189 e. The zero-order chi connectivity index (χ0) is 13.1. The maximum atomic E-state index is 5.82. The van der Waals surface area contributed by atoms with Crippen molar-refractivity contribution in [2.75, 3.05) is 0 Å². The van der Waals surface area contributed by atoms with Crippen LogP contribution in [0.3, 0.4) is 0 Å². The number of nitrogens with two attached hydrogens (primary N) is 1. The highest BCUT2D eigenvalue weighted by atomic mass is 79.9. The van der Waals surface area contributed by atoms with Gasteiger partial charge in [0, 0.05) is 10.0 Å². The van der Waals surface area contributed by atoms with E-state index in [1.807, 2.05) is 6.07 Å². The Bertz CT molecular complexity index is 419. The first kappa shape index (κ1) is 14.0. The number of guanidine groups is 1. The van der Waals surface area contributed by atoms with Crippen molar-refractivity contribution in [2.45, 2.75) is 39.8 Å². The summed E-state index contributed by atoms with van der Waals surface area (Å²) in [4.78, 5) is 4.34. The standard InChI is InChI=1S/C13H20BrN3/c1-9-7-11(14)6-5-10(9)8-16-12(15)17-13(2,3)4/h5-7H,8H2,1-4H3,(H3,15,16,17). The third kappa shape index (κ3) is 5.22.